The van der Waals surface area contributed by atoms with Gasteiger partial charge in [0.15, 0.2) is 0 Å². The molecule has 3 aromatic heterocycles. The minimum atomic E-state index is -0.129. The zero-order chi connectivity index (χ0) is 26.1. The van der Waals surface area contributed by atoms with Crippen LogP contribution in [0.1, 0.15) is 5.56 Å². The molecule has 198 valence electrons. The van der Waals surface area contributed by atoms with E-state index in [1.807, 2.05) is 29.2 Å². The van der Waals surface area contributed by atoms with Crippen molar-refractivity contribution >= 4 is 34.6 Å². The minimum absolute atomic E-state index is 0.129. The number of nitrogens with zero attached hydrogens (tertiary/aromatic N) is 7. The van der Waals surface area contributed by atoms with Crippen LogP contribution in [0.2, 0.25) is 5.02 Å². The van der Waals surface area contributed by atoms with Gasteiger partial charge in [-0.15, -0.1) is 0 Å². The van der Waals surface area contributed by atoms with Crippen molar-refractivity contribution in [2.24, 2.45) is 0 Å². The summed E-state index contributed by atoms with van der Waals surface area (Å²) in [6.07, 6.45) is 7.88. The van der Waals surface area contributed by atoms with Crippen molar-refractivity contribution in [3.05, 3.63) is 59.6 Å². The predicted molar refractivity (Wildman–Crippen MR) is 150 cm³/mol. The zero-order valence-corrected chi connectivity index (χ0v) is 22.1. The summed E-state index contributed by atoms with van der Waals surface area (Å²) < 4.78 is 7.29. The van der Waals surface area contributed by atoms with Crippen LogP contribution in [0, 0.1) is 0 Å². The number of nitrogens with one attached hydrogen (secondary N) is 1. The fraction of sp³-hybridized carbons (Fsp3) is 0.370. The number of aromatic nitrogens is 4. The molecule has 0 saturated carbocycles. The van der Waals surface area contributed by atoms with Crippen LogP contribution in [-0.4, -0.2) is 83.9 Å². The van der Waals surface area contributed by atoms with Crippen LogP contribution < -0.4 is 24.8 Å². The van der Waals surface area contributed by atoms with Gasteiger partial charge in [0.1, 0.15) is 11.4 Å². The molecule has 0 radical (unpaired) electrons. The highest BCUT2D eigenvalue weighted by Crippen LogP contribution is 2.34. The maximum atomic E-state index is 9.90. The Hall–Kier alpha value is -3.60. The van der Waals surface area contributed by atoms with Gasteiger partial charge in [0.2, 0.25) is 5.95 Å². The van der Waals surface area contributed by atoms with Crippen LogP contribution in [0.25, 0.3) is 16.9 Å². The molecule has 2 N–H and O–H groups in total. The number of methoxy groups -OCH3 is 1. The predicted octanol–water partition coefficient (Wildman–Crippen LogP) is 2.68. The Morgan fingerprint density at radius 2 is 1.66 bits per heavy atom. The van der Waals surface area contributed by atoms with Crippen molar-refractivity contribution in [2.45, 2.75) is 6.61 Å². The Morgan fingerprint density at radius 1 is 0.947 bits per heavy atom. The Morgan fingerprint density at radius 3 is 2.34 bits per heavy atom. The number of aliphatic hydroxyl groups is 1. The van der Waals surface area contributed by atoms with Crippen molar-refractivity contribution in [1.29, 1.82) is 0 Å². The molecule has 2 aliphatic heterocycles. The van der Waals surface area contributed by atoms with Crippen LogP contribution in [0.3, 0.4) is 0 Å². The number of hydrogen-bond donors (Lipinski definition) is 2. The Bertz CT molecular complexity index is 1410. The molecule has 2 aliphatic rings. The molecular weight excluding hydrogens is 504 g/mol. The van der Waals surface area contributed by atoms with Gasteiger partial charge in [-0.2, -0.15) is 0 Å². The summed E-state index contributed by atoms with van der Waals surface area (Å²) in [4.78, 5) is 21.1. The standard InChI is InChI=1S/C27H31ClN8O2/c1-38-25-12-19(18-37)22(14-23(25)28)24-17-36-5-2-20(13-26(36)32-24)33-8-10-34(11-9-33)21-15-30-27(31-16-21)35-6-3-29-4-7-35/h2,5,12-17,29,37H,3-4,6-11,18H2,1H3. The van der Waals surface area contributed by atoms with E-state index >= 15 is 0 Å². The van der Waals surface area contributed by atoms with E-state index in [4.69, 9.17) is 21.3 Å². The molecule has 4 aromatic rings. The number of anilines is 3. The number of benzene rings is 1. The maximum absolute atomic E-state index is 9.90. The Balaban J connectivity index is 1.15. The average molecular weight is 535 g/mol. The van der Waals surface area contributed by atoms with Gasteiger partial charge in [0, 0.05) is 82.1 Å². The van der Waals surface area contributed by atoms with Crippen molar-refractivity contribution in [3.8, 4) is 17.0 Å². The van der Waals surface area contributed by atoms with Gasteiger partial charge in [-0.25, -0.2) is 15.0 Å². The van der Waals surface area contributed by atoms with E-state index < -0.39 is 0 Å². The van der Waals surface area contributed by atoms with E-state index in [0.29, 0.717) is 10.8 Å². The van der Waals surface area contributed by atoms with Gasteiger partial charge < -0.3 is 34.3 Å². The quantitative estimate of drug-likeness (QED) is 0.387. The monoisotopic (exact) mass is 534 g/mol. The first-order chi connectivity index (χ1) is 18.6. The van der Waals surface area contributed by atoms with Gasteiger partial charge in [0.05, 0.1) is 42.5 Å². The molecule has 0 unspecified atom stereocenters. The molecule has 38 heavy (non-hydrogen) atoms. The van der Waals surface area contributed by atoms with Crippen molar-refractivity contribution in [2.75, 3.05) is 74.2 Å². The first-order valence-electron chi connectivity index (χ1n) is 12.9. The Kier molecular flexibility index (Phi) is 6.92. The molecule has 2 fully saturated rings. The number of pyridine rings is 1. The molecule has 11 heteroatoms. The smallest absolute Gasteiger partial charge is 0.225 e. The van der Waals surface area contributed by atoms with E-state index in [-0.39, 0.29) is 6.61 Å². The summed E-state index contributed by atoms with van der Waals surface area (Å²) >= 11 is 6.37. The third-order valence-corrected chi connectivity index (χ3v) is 7.60. The molecule has 0 spiro atoms. The fourth-order valence-corrected chi connectivity index (χ4v) is 5.39. The second kappa shape index (κ2) is 10.6. The lowest BCUT2D eigenvalue weighted by atomic mass is 10.1. The molecule has 0 aliphatic carbocycles. The first-order valence-corrected chi connectivity index (χ1v) is 13.2. The molecule has 2 saturated heterocycles. The lowest BCUT2D eigenvalue weighted by molar-refractivity contribution is 0.281. The van der Waals surface area contributed by atoms with Crippen LogP contribution >= 0.6 is 11.6 Å². The van der Waals surface area contributed by atoms with Crippen LogP contribution in [0.5, 0.6) is 5.75 Å². The third-order valence-electron chi connectivity index (χ3n) is 7.30. The highest BCUT2D eigenvalue weighted by atomic mass is 35.5. The van der Waals surface area contributed by atoms with E-state index in [1.54, 1.807) is 19.2 Å². The van der Waals surface area contributed by atoms with Crippen molar-refractivity contribution in [3.63, 3.8) is 0 Å². The summed E-state index contributed by atoms with van der Waals surface area (Å²) in [5.74, 6) is 1.34. The highest BCUT2D eigenvalue weighted by Gasteiger charge is 2.20. The molecule has 0 amide bonds. The van der Waals surface area contributed by atoms with Crippen LogP contribution in [-0.2, 0) is 6.61 Å². The number of aliphatic hydroxyl groups excluding tert-OH is 1. The van der Waals surface area contributed by atoms with E-state index in [9.17, 15) is 5.11 Å². The van der Waals surface area contributed by atoms with Gasteiger partial charge in [-0.05, 0) is 23.8 Å². The van der Waals surface area contributed by atoms with Crippen LogP contribution in [0.15, 0.2) is 49.1 Å². The van der Waals surface area contributed by atoms with Crippen LogP contribution in [0.4, 0.5) is 17.3 Å². The normalized spacial score (nSPS) is 16.3. The number of rotatable bonds is 6. The SMILES string of the molecule is COc1cc(CO)c(-c2cn3ccc(N4CCN(c5cnc(N6CCNCC6)nc5)CC4)cc3n2)cc1Cl. The average Bonchev–Trinajstić information content (AvgIpc) is 3.41. The highest BCUT2D eigenvalue weighted by molar-refractivity contribution is 6.32. The third kappa shape index (κ3) is 4.82. The molecule has 10 nitrogen and oxygen atoms in total. The second-order valence-electron chi connectivity index (χ2n) is 9.53. The van der Waals surface area contributed by atoms with Crippen molar-refractivity contribution in [1.82, 2.24) is 24.7 Å². The van der Waals surface area contributed by atoms with E-state index in [0.717, 1.165) is 92.1 Å². The molecule has 6 rings (SSSR count). The lowest BCUT2D eigenvalue weighted by Gasteiger charge is -2.37. The fourth-order valence-electron chi connectivity index (χ4n) is 5.15. The summed E-state index contributed by atoms with van der Waals surface area (Å²) in [5.41, 5.74) is 5.31. The topological polar surface area (TPSA) is 94.3 Å². The van der Waals surface area contributed by atoms with Gasteiger partial charge in [-0.3, -0.25) is 0 Å². The number of ether oxygens (including phenoxy) is 1. The summed E-state index contributed by atoms with van der Waals surface area (Å²) in [5, 5.41) is 13.7. The molecule has 0 bridgehead atoms. The van der Waals surface area contributed by atoms with E-state index in [1.165, 1.54) is 0 Å². The molecule has 1 aromatic carbocycles. The van der Waals surface area contributed by atoms with E-state index in [2.05, 4.69) is 42.1 Å². The molecule has 5 heterocycles. The number of hydrogen-bond acceptors (Lipinski definition) is 9. The number of piperazine rings is 2. The second-order valence-corrected chi connectivity index (χ2v) is 9.94. The number of fused-ring (bicyclic) bond motifs is 1. The molecular formula is C27H31ClN8O2. The van der Waals surface area contributed by atoms with Crippen molar-refractivity contribution < 1.29 is 9.84 Å². The molecule has 0 atom stereocenters. The maximum Gasteiger partial charge on any atom is 0.225 e. The number of halogens is 1. The summed E-state index contributed by atoms with van der Waals surface area (Å²) in [6.45, 7) is 7.27. The Labute approximate surface area is 226 Å². The van der Waals surface area contributed by atoms with Gasteiger partial charge in [0.25, 0.3) is 0 Å². The first kappa shape index (κ1) is 24.7. The van der Waals surface area contributed by atoms with Gasteiger partial charge in [-0.1, -0.05) is 11.6 Å². The minimum Gasteiger partial charge on any atom is -0.495 e. The summed E-state index contributed by atoms with van der Waals surface area (Å²) in [6, 6.07) is 7.78. The largest absolute Gasteiger partial charge is 0.495 e. The number of imidazole rings is 1. The lowest BCUT2D eigenvalue weighted by Crippen LogP contribution is -2.47. The summed E-state index contributed by atoms with van der Waals surface area (Å²) in [7, 11) is 1.56. The zero-order valence-electron chi connectivity index (χ0n) is 21.3. The van der Waals surface area contributed by atoms with Gasteiger partial charge >= 0.3 is 0 Å².